The standard InChI is InChI=1S/C21H23N3/c1-23-11-10-14-6-9-20-16(12-14)13-19(21(22)24-20)18-8-7-15-4-2-3-5-17(15)18/h2-6,9,12-13,18,23H,7-8,10-11H2,1H3,(H2,22,24). The molecule has 1 aliphatic rings. The first-order chi connectivity index (χ1) is 11.8. The molecule has 1 atom stereocenters. The highest BCUT2D eigenvalue weighted by molar-refractivity contribution is 5.82. The average molecular weight is 317 g/mol. The zero-order chi connectivity index (χ0) is 16.5. The predicted molar refractivity (Wildman–Crippen MR) is 100 cm³/mol. The number of hydrogen-bond acceptors (Lipinski definition) is 3. The fourth-order valence-electron chi connectivity index (χ4n) is 3.84. The van der Waals surface area contributed by atoms with Crippen LogP contribution < -0.4 is 11.1 Å². The van der Waals surface area contributed by atoms with E-state index in [4.69, 9.17) is 5.73 Å². The van der Waals surface area contributed by atoms with Crippen LogP contribution in [0.25, 0.3) is 10.9 Å². The lowest BCUT2D eigenvalue weighted by molar-refractivity contribution is 0.787. The van der Waals surface area contributed by atoms with Crippen molar-refractivity contribution in [3.8, 4) is 0 Å². The van der Waals surface area contributed by atoms with Crippen molar-refractivity contribution in [2.24, 2.45) is 0 Å². The third-order valence-electron chi connectivity index (χ3n) is 5.11. The minimum atomic E-state index is 0.374. The van der Waals surface area contributed by atoms with Gasteiger partial charge in [0.25, 0.3) is 0 Å². The Morgan fingerprint density at radius 3 is 2.88 bits per heavy atom. The topological polar surface area (TPSA) is 50.9 Å². The summed E-state index contributed by atoms with van der Waals surface area (Å²) in [7, 11) is 1.99. The summed E-state index contributed by atoms with van der Waals surface area (Å²) in [6.45, 7) is 0.983. The van der Waals surface area contributed by atoms with Crippen LogP contribution >= 0.6 is 0 Å². The van der Waals surface area contributed by atoms with Gasteiger partial charge in [-0.25, -0.2) is 4.98 Å². The van der Waals surface area contributed by atoms with Gasteiger partial charge in [0.2, 0.25) is 0 Å². The van der Waals surface area contributed by atoms with Crippen molar-refractivity contribution in [2.45, 2.75) is 25.2 Å². The molecular weight excluding hydrogens is 294 g/mol. The molecule has 0 saturated carbocycles. The molecule has 2 aromatic carbocycles. The maximum Gasteiger partial charge on any atom is 0.127 e. The van der Waals surface area contributed by atoms with Gasteiger partial charge in [0.15, 0.2) is 0 Å². The number of nitrogens with zero attached hydrogens (tertiary/aromatic N) is 1. The molecule has 0 saturated heterocycles. The maximum absolute atomic E-state index is 6.32. The van der Waals surface area contributed by atoms with Crippen molar-refractivity contribution in [3.63, 3.8) is 0 Å². The highest BCUT2D eigenvalue weighted by Crippen LogP contribution is 2.40. The third-order valence-corrected chi connectivity index (χ3v) is 5.11. The minimum absolute atomic E-state index is 0.374. The first kappa shape index (κ1) is 15.2. The molecule has 0 fully saturated rings. The molecule has 1 aromatic heterocycles. The van der Waals surface area contributed by atoms with Crippen molar-refractivity contribution in [2.75, 3.05) is 19.3 Å². The second-order valence-electron chi connectivity index (χ2n) is 6.63. The molecule has 0 bridgehead atoms. The Balaban J connectivity index is 1.77. The molecule has 0 spiro atoms. The summed E-state index contributed by atoms with van der Waals surface area (Å²) in [6.07, 6.45) is 3.27. The van der Waals surface area contributed by atoms with E-state index in [0.717, 1.165) is 31.3 Å². The summed E-state index contributed by atoms with van der Waals surface area (Å²) >= 11 is 0. The van der Waals surface area contributed by atoms with Gasteiger partial charge in [-0.2, -0.15) is 0 Å². The van der Waals surface area contributed by atoms with E-state index in [1.807, 2.05) is 7.05 Å². The van der Waals surface area contributed by atoms with E-state index in [1.165, 1.54) is 27.6 Å². The van der Waals surface area contributed by atoms with E-state index in [0.29, 0.717) is 11.7 Å². The Morgan fingerprint density at radius 1 is 1.12 bits per heavy atom. The van der Waals surface area contributed by atoms with Gasteiger partial charge < -0.3 is 11.1 Å². The average Bonchev–Trinajstić information content (AvgIpc) is 3.03. The second-order valence-corrected chi connectivity index (χ2v) is 6.63. The van der Waals surface area contributed by atoms with E-state index < -0.39 is 0 Å². The number of likely N-dealkylation sites (N-methyl/N-ethyl adjacent to an activating group) is 1. The van der Waals surface area contributed by atoms with Gasteiger partial charge >= 0.3 is 0 Å². The summed E-state index contributed by atoms with van der Waals surface area (Å²) in [4.78, 5) is 4.68. The first-order valence-electron chi connectivity index (χ1n) is 8.67. The summed E-state index contributed by atoms with van der Waals surface area (Å²) in [5.74, 6) is 1.05. The van der Waals surface area contributed by atoms with Crippen LogP contribution in [0.2, 0.25) is 0 Å². The van der Waals surface area contributed by atoms with E-state index in [9.17, 15) is 0 Å². The SMILES string of the molecule is CNCCc1ccc2nc(N)c(C3CCc4ccccc43)cc2c1. The van der Waals surface area contributed by atoms with Crippen molar-refractivity contribution in [3.05, 3.63) is 70.8 Å². The van der Waals surface area contributed by atoms with Crippen LogP contribution in [0, 0.1) is 0 Å². The van der Waals surface area contributed by atoms with Crippen LogP contribution in [0.1, 0.15) is 34.6 Å². The fourth-order valence-corrected chi connectivity index (χ4v) is 3.84. The lowest BCUT2D eigenvalue weighted by Crippen LogP contribution is -2.10. The number of fused-ring (bicyclic) bond motifs is 2. The Kier molecular flexibility index (Phi) is 3.95. The second kappa shape index (κ2) is 6.25. The molecule has 1 heterocycles. The first-order valence-corrected chi connectivity index (χ1v) is 8.67. The third kappa shape index (κ3) is 2.65. The van der Waals surface area contributed by atoms with Crippen LogP contribution in [0.15, 0.2) is 48.5 Å². The highest BCUT2D eigenvalue weighted by atomic mass is 14.8. The molecule has 0 amide bonds. The minimum Gasteiger partial charge on any atom is -0.383 e. The van der Waals surface area contributed by atoms with Crippen molar-refractivity contribution in [1.29, 1.82) is 0 Å². The Morgan fingerprint density at radius 2 is 2.00 bits per heavy atom. The fraction of sp³-hybridized carbons (Fsp3) is 0.286. The lowest BCUT2D eigenvalue weighted by atomic mass is 9.92. The lowest BCUT2D eigenvalue weighted by Gasteiger charge is -2.15. The predicted octanol–water partition coefficient (Wildman–Crippen LogP) is 3.66. The molecule has 1 unspecified atom stereocenters. The van der Waals surface area contributed by atoms with E-state index >= 15 is 0 Å². The van der Waals surface area contributed by atoms with Crippen molar-refractivity contribution < 1.29 is 0 Å². The van der Waals surface area contributed by atoms with Gasteiger partial charge in [-0.15, -0.1) is 0 Å². The van der Waals surface area contributed by atoms with Crippen LogP contribution in [0.3, 0.4) is 0 Å². The Labute approximate surface area is 142 Å². The zero-order valence-electron chi connectivity index (χ0n) is 14.0. The number of aryl methyl sites for hydroxylation is 1. The molecule has 4 rings (SSSR count). The molecule has 0 aliphatic heterocycles. The number of hydrogen-bond donors (Lipinski definition) is 2. The highest BCUT2D eigenvalue weighted by Gasteiger charge is 2.25. The van der Waals surface area contributed by atoms with E-state index in [2.05, 4.69) is 58.8 Å². The van der Waals surface area contributed by atoms with Gasteiger partial charge in [-0.1, -0.05) is 30.3 Å². The van der Waals surface area contributed by atoms with Crippen LogP contribution in [0.5, 0.6) is 0 Å². The van der Waals surface area contributed by atoms with Gasteiger partial charge in [-0.3, -0.25) is 0 Å². The van der Waals surface area contributed by atoms with Crippen LogP contribution in [-0.4, -0.2) is 18.6 Å². The summed E-state index contributed by atoms with van der Waals surface area (Å²) < 4.78 is 0. The summed E-state index contributed by atoms with van der Waals surface area (Å²) in [5.41, 5.74) is 12.7. The molecule has 1 aliphatic carbocycles. The number of nitrogens with one attached hydrogen (secondary N) is 1. The van der Waals surface area contributed by atoms with Crippen LogP contribution in [-0.2, 0) is 12.8 Å². The molecule has 122 valence electrons. The quantitative estimate of drug-likeness (QED) is 0.772. The zero-order valence-corrected chi connectivity index (χ0v) is 14.0. The molecule has 0 radical (unpaired) electrons. The largest absolute Gasteiger partial charge is 0.383 e. The van der Waals surface area contributed by atoms with Gasteiger partial charge in [0.05, 0.1) is 5.52 Å². The molecular formula is C21H23N3. The van der Waals surface area contributed by atoms with Gasteiger partial charge in [-0.05, 0) is 67.7 Å². The van der Waals surface area contributed by atoms with Crippen molar-refractivity contribution in [1.82, 2.24) is 10.3 Å². The number of rotatable bonds is 4. The normalized spacial score (nSPS) is 16.5. The Hall–Kier alpha value is -2.39. The molecule has 3 N–H and O–H groups in total. The van der Waals surface area contributed by atoms with Crippen LogP contribution in [0.4, 0.5) is 5.82 Å². The number of aromatic nitrogens is 1. The van der Waals surface area contributed by atoms with Gasteiger partial charge in [0.1, 0.15) is 5.82 Å². The molecule has 3 nitrogen and oxygen atoms in total. The molecule has 3 aromatic rings. The number of anilines is 1. The monoisotopic (exact) mass is 317 g/mol. The van der Waals surface area contributed by atoms with Gasteiger partial charge in [0, 0.05) is 16.9 Å². The maximum atomic E-state index is 6.32. The molecule has 3 heteroatoms. The number of pyridine rings is 1. The summed E-state index contributed by atoms with van der Waals surface area (Å²) in [6, 6.07) is 17.5. The molecule has 24 heavy (non-hydrogen) atoms. The van der Waals surface area contributed by atoms with E-state index in [1.54, 1.807) is 0 Å². The summed E-state index contributed by atoms with van der Waals surface area (Å²) in [5, 5.41) is 4.40. The number of benzene rings is 2. The van der Waals surface area contributed by atoms with E-state index in [-0.39, 0.29) is 0 Å². The smallest absolute Gasteiger partial charge is 0.127 e. The number of nitrogen functional groups attached to an aromatic ring is 1. The number of nitrogens with two attached hydrogens (primary N) is 1. The Bertz CT molecular complexity index is 885. The van der Waals surface area contributed by atoms with Crippen molar-refractivity contribution >= 4 is 16.7 Å².